The maximum absolute atomic E-state index is 12.5. The van der Waals surface area contributed by atoms with E-state index < -0.39 is 10.0 Å². The molecule has 0 saturated carbocycles. The maximum atomic E-state index is 12.5. The zero-order valence-electron chi connectivity index (χ0n) is 15.0. The van der Waals surface area contributed by atoms with Crippen molar-refractivity contribution in [3.63, 3.8) is 0 Å². The van der Waals surface area contributed by atoms with E-state index in [1.165, 1.54) is 30.3 Å². The van der Waals surface area contributed by atoms with Gasteiger partial charge in [0.25, 0.3) is 10.0 Å². The molecule has 0 aliphatic heterocycles. The number of hydrogen-bond donors (Lipinski definition) is 2. The molecule has 0 atom stereocenters. The first-order valence-electron chi connectivity index (χ1n) is 8.45. The number of hydrogen-bond acceptors (Lipinski definition) is 3. The second-order valence-electron chi connectivity index (χ2n) is 5.98. The standard InChI is InChI=1S/C21H16Cl2N2O3S/c22-16-6-8-18(9-7-16)25-29(27,28)19-12-10-17(11-13-19)24-21(26)14-5-15-3-1-2-4-20(15)23/h1-14,25H,(H,24,26)/b14-5+. The second-order valence-corrected chi connectivity index (χ2v) is 8.51. The van der Waals surface area contributed by atoms with Crippen LogP contribution >= 0.6 is 23.2 Å². The molecular formula is C21H16Cl2N2O3S. The van der Waals surface area contributed by atoms with Gasteiger partial charge in [-0.3, -0.25) is 9.52 Å². The third-order valence-corrected chi connectivity index (χ3v) is 5.84. The summed E-state index contributed by atoms with van der Waals surface area (Å²) < 4.78 is 27.4. The Kier molecular flexibility index (Phi) is 6.59. The van der Waals surface area contributed by atoms with Crippen molar-refractivity contribution in [2.24, 2.45) is 0 Å². The third-order valence-electron chi connectivity index (χ3n) is 3.85. The minimum atomic E-state index is -3.76. The molecule has 0 spiro atoms. The van der Waals surface area contributed by atoms with Crippen LogP contribution < -0.4 is 10.0 Å². The Morgan fingerprint density at radius 3 is 2.10 bits per heavy atom. The number of rotatable bonds is 6. The average Bonchev–Trinajstić information content (AvgIpc) is 2.69. The van der Waals surface area contributed by atoms with Gasteiger partial charge < -0.3 is 5.32 Å². The van der Waals surface area contributed by atoms with E-state index in [1.807, 2.05) is 6.07 Å². The Morgan fingerprint density at radius 2 is 1.45 bits per heavy atom. The van der Waals surface area contributed by atoms with Gasteiger partial charge in [-0.05, 0) is 66.2 Å². The van der Waals surface area contributed by atoms with Gasteiger partial charge in [0, 0.05) is 27.5 Å². The highest BCUT2D eigenvalue weighted by atomic mass is 35.5. The SMILES string of the molecule is O=C(/C=C/c1ccccc1Cl)Nc1ccc(S(=O)(=O)Nc2ccc(Cl)cc2)cc1. The van der Waals surface area contributed by atoms with Crippen LogP contribution in [0.1, 0.15) is 5.56 Å². The van der Waals surface area contributed by atoms with Crippen molar-refractivity contribution < 1.29 is 13.2 Å². The number of sulfonamides is 1. The van der Waals surface area contributed by atoms with E-state index in [4.69, 9.17) is 23.2 Å². The van der Waals surface area contributed by atoms with Gasteiger partial charge in [-0.1, -0.05) is 41.4 Å². The van der Waals surface area contributed by atoms with Crippen LogP contribution in [0.25, 0.3) is 6.08 Å². The molecule has 0 aliphatic rings. The van der Waals surface area contributed by atoms with Crippen molar-refractivity contribution in [1.82, 2.24) is 0 Å². The second kappa shape index (κ2) is 9.13. The summed E-state index contributed by atoms with van der Waals surface area (Å²) in [6, 6.07) is 19.3. The molecule has 148 valence electrons. The van der Waals surface area contributed by atoms with Gasteiger partial charge in [-0.2, -0.15) is 0 Å². The lowest BCUT2D eigenvalue weighted by molar-refractivity contribution is -0.111. The average molecular weight is 447 g/mol. The lowest BCUT2D eigenvalue weighted by Gasteiger charge is -2.09. The third kappa shape index (κ3) is 5.84. The molecule has 8 heteroatoms. The summed E-state index contributed by atoms with van der Waals surface area (Å²) >= 11 is 11.8. The van der Waals surface area contributed by atoms with Gasteiger partial charge in [0.1, 0.15) is 0 Å². The Morgan fingerprint density at radius 1 is 0.828 bits per heavy atom. The van der Waals surface area contributed by atoms with Crippen molar-refractivity contribution in [3.05, 3.63) is 94.5 Å². The van der Waals surface area contributed by atoms with E-state index in [2.05, 4.69) is 10.0 Å². The quantitative estimate of drug-likeness (QED) is 0.494. The highest BCUT2D eigenvalue weighted by Crippen LogP contribution is 2.20. The van der Waals surface area contributed by atoms with Crippen molar-refractivity contribution >= 4 is 56.6 Å². The van der Waals surface area contributed by atoms with Crippen LogP contribution in [-0.4, -0.2) is 14.3 Å². The number of anilines is 2. The van der Waals surface area contributed by atoms with Crippen LogP contribution in [-0.2, 0) is 14.8 Å². The molecule has 3 aromatic rings. The van der Waals surface area contributed by atoms with E-state index >= 15 is 0 Å². The van der Waals surface area contributed by atoms with Crippen LogP contribution in [0.4, 0.5) is 11.4 Å². The molecule has 0 heterocycles. The number of carbonyl (C=O) groups excluding carboxylic acids is 1. The monoisotopic (exact) mass is 446 g/mol. The number of benzene rings is 3. The Balaban J connectivity index is 1.65. The van der Waals surface area contributed by atoms with Gasteiger partial charge >= 0.3 is 0 Å². The lowest BCUT2D eigenvalue weighted by Crippen LogP contribution is -2.13. The number of nitrogens with one attached hydrogen (secondary N) is 2. The minimum absolute atomic E-state index is 0.0667. The molecule has 0 fully saturated rings. The summed E-state index contributed by atoms with van der Waals surface area (Å²) in [5.74, 6) is -0.361. The summed E-state index contributed by atoms with van der Waals surface area (Å²) in [6.45, 7) is 0. The molecule has 3 aromatic carbocycles. The summed E-state index contributed by atoms with van der Waals surface area (Å²) in [4.78, 5) is 12.1. The molecule has 2 N–H and O–H groups in total. The molecule has 0 radical (unpaired) electrons. The highest BCUT2D eigenvalue weighted by Gasteiger charge is 2.14. The van der Waals surface area contributed by atoms with Crippen LogP contribution in [0.15, 0.2) is 83.8 Å². The van der Waals surface area contributed by atoms with Gasteiger partial charge in [-0.25, -0.2) is 8.42 Å². The first-order chi connectivity index (χ1) is 13.8. The first-order valence-corrected chi connectivity index (χ1v) is 10.7. The van der Waals surface area contributed by atoms with Crippen LogP contribution in [0.3, 0.4) is 0 Å². The molecule has 0 bridgehead atoms. The van der Waals surface area contributed by atoms with E-state index in [-0.39, 0.29) is 10.8 Å². The minimum Gasteiger partial charge on any atom is -0.323 e. The summed E-state index contributed by atoms with van der Waals surface area (Å²) in [6.07, 6.45) is 2.96. The first kappa shape index (κ1) is 20.9. The molecular weight excluding hydrogens is 431 g/mol. The Hall–Kier alpha value is -2.80. The van der Waals surface area contributed by atoms with Crippen molar-refractivity contribution in [3.8, 4) is 0 Å². The topological polar surface area (TPSA) is 75.3 Å². The molecule has 0 saturated heterocycles. The maximum Gasteiger partial charge on any atom is 0.261 e. The fourth-order valence-corrected chi connectivity index (χ4v) is 3.79. The van der Waals surface area contributed by atoms with Crippen molar-refractivity contribution in [1.29, 1.82) is 0 Å². The summed E-state index contributed by atoms with van der Waals surface area (Å²) in [5, 5.41) is 3.72. The molecule has 5 nitrogen and oxygen atoms in total. The van der Waals surface area contributed by atoms with Gasteiger partial charge in [0.15, 0.2) is 0 Å². The van der Waals surface area contributed by atoms with Crippen LogP contribution in [0.2, 0.25) is 10.0 Å². The predicted molar refractivity (Wildman–Crippen MR) is 118 cm³/mol. The largest absolute Gasteiger partial charge is 0.323 e. The number of amides is 1. The number of halogens is 2. The molecule has 29 heavy (non-hydrogen) atoms. The summed E-state index contributed by atoms with van der Waals surface area (Å²) in [7, 11) is -3.76. The van der Waals surface area contributed by atoms with Crippen molar-refractivity contribution in [2.75, 3.05) is 10.0 Å². The molecule has 0 unspecified atom stereocenters. The van der Waals surface area contributed by atoms with E-state index in [0.29, 0.717) is 21.4 Å². The van der Waals surface area contributed by atoms with Crippen molar-refractivity contribution in [2.45, 2.75) is 4.90 Å². The highest BCUT2D eigenvalue weighted by molar-refractivity contribution is 7.92. The van der Waals surface area contributed by atoms with Gasteiger partial charge in [0.05, 0.1) is 4.90 Å². The summed E-state index contributed by atoms with van der Waals surface area (Å²) in [5.41, 5.74) is 1.58. The fraction of sp³-hybridized carbons (Fsp3) is 0. The Labute approximate surface area is 179 Å². The Bertz CT molecular complexity index is 1140. The normalized spacial score (nSPS) is 11.4. The molecule has 0 aromatic heterocycles. The van der Waals surface area contributed by atoms with E-state index in [0.717, 1.165) is 5.56 Å². The smallest absolute Gasteiger partial charge is 0.261 e. The molecule has 3 rings (SSSR count). The van der Waals surface area contributed by atoms with Crippen LogP contribution in [0, 0.1) is 0 Å². The van der Waals surface area contributed by atoms with E-state index in [9.17, 15) is 13.2 Å². The fourth-order valence-electron chi connectivity index (χ4n) is 2.41. The van der Waals surface area contributed by atoms with Gasteiger partial charge in [-0.15, -0.1) is 0 Å². The predicted octanol–water partition coefficient (Wildman–Crippen LogP) is 5.45. The molecule has 0 aliphatic carbocycles. The van der Waals surface area contributed by atoms with Gasteiger partial charge in [0.2, 0.25) is 5.91 Å². The number of carbonyl (C=O) groups is 1. The zero-order chi connectivity index (χ0) is 20.9. The zero-order valence-corrected chi connectivity index (χ0v) is 17.3. The van der Waals surface area contributed by atoms with E-state index in [1.54, 1.807) is 48.5 Å². The molecule has 1 amide bonds. The lowest BCUT2D eigenvalue weighted by atomic mass is 10.2. The van der Waals surface area contributed by atoms with Crippen LogP contribution in [0.5, 0.6) is 0 Å².